The lowest BCUT2D eigenvalue weighted by atomic mass is 10.2. The van der Waals surface area contributed by atoms with Gasteiger partial charge in [0.05, 0.1) is 0 Å². The highest BCUT2D eigenvalue weighted by molar-refractivity contribution is 5.89. The van der Waals surface area contributed by atoms with Gasteiger partial charge in [-0.05, 0) is 23.8 Å². The quantitative estimate of drug-likeness (QED) is 0.660. The zero-order valence-corrected chi connectivity index (χ0v) is 9.61. The van der Waals surface area contributed by atoms with Gasteiger partial charge in [-0.2, -0.15) is 0 Å². The molecule has 2 rings (SSSR count). The maximum absolute atomic E-state index is 11.5. The summed E-state index contributed by atoms with van der Waals surface area (Å²) in [5.74, 6) is -0.0299. The van der Waals surface area contributed by atoms with Crippen LogP contribution in [0.15, 0.2) is 54.7 Å². The number of ether oxygens (including phenoxy) is 1. The van der Waals surface area contributed by atoms with Gasteiger partial charge in [0.25, 0.3) is 0 Å². The first-order valence-corrected chi connectivity index (χ1v) is 5.41. The average Bonchev–Trinajstić information content (AvgIpc) is 2.40. The molecule has 0 aliphatic heterocycles. The standard InChI is InChI=1S/C14H12N2O2/c15-14-12(7-4-10-16-14)18-13(17)9-8-11-5-2-1-3-6-11/h1-10H,(H2,15,16)/b9-8+. The van der Waals surface area contributed by atoms with Crippen LogP contribution >= 0.6 is 0 Å². The van der Waals surface area contributed by atoms with E-state index in [4.69, 9.17) is 10.5 Å². The van der Waals surface area contributed by atoms with E-state index in [1.54, 1.807) is 18.2 Å². The van der Waals surface area contributed by atoms with Gasteiger partial charge in [-0.25, -0.2) is 9.78 Å². The number of nitrogens with zero attached hydrogens (tertiary/aromatic N) is 1. The van der Waals surface area contributed by atoms with Gasteiger partial charge in [0, 0.05) is 12.3 Å². The number of benzene rings is 1. The summed E-state index contributed by atoms with van der Waals surface area (Å²) in [6, 6.07) is 12.7. The summed E-state index contributed by atoms with van der Waals surface area (Å²) in [6.07, 6.45) is 4.56. The largest absolute Gasteiger partial charge is 0.419 e. The van der Waals surface area contributed by atoms with Crippen molar-refractivity contribution in [2.45, 2.75) is 0 Å². The van der Waals surface area contributed by atoms with E-state index in [1.807, 2.05) is 30.3 Å². The first kappa shape index (κ1) is 11.9. The number of hydrogen-bond donors (Lipinski definition) is 1. The molecule has 18 heavy (non-hydrogen) atoms. The third kappa shape index (κ3) is 3.18. The predicted molar refractivity (Wildman–Crippen MR) is 69.8 cm³/mol. The third-order valence-corrected chi connectivity index (χ3v) is 2.22. The van der Waals surface area contributed by atoms with Crippen molar-refractivity contribution in [3.8, 4) is 5.75 Å². The fraction of sp³-hybridized carbons (Fsp3) is 0. The molecule has 4 heteroatoms. The third-order valence-electron chi connectivity index (χ3n) is 2.22. The average molecular weight is 240 g/mol. The monoisotopic (exact) mass is 240 g/mol. The smallest absolute Gasteiger partial charge is 0.336 e. The number of pyridine rings is 1. The summed E-state index contributed by atoms with van der Waals surface area (Å²) in [7, 11) is 0. The van der Waals surface area contributed by atoms with Crippen LogP contribution in [0.25, 0.3) is 6.08 Å². The molecule has 0 atom stereocenters. The minimum atomic E-state index is -0.487. The molecule has 0 unspecified atom stereocenters. The second-order valence-corrected chi connectivity index (χ2v) is 3.55. The lowest BCUT2D eigenvalue weighted by Crippen LogP contribution is -2.06. The molecule has 2 aromatic rings. The van der Waals surface area contributed by atoms with E-state index in [0.717, 1.165) is 5.56 Å². The molecule has 0 amide bonds. The van der Waals surface area contributed by atoms with E-state index in [0.29, 0.717) is 0 Å². The number of aromatic nitrogens is 1. The zero-order chi connectivity index (χ0) is 12.8. The van der Waals surface area contributed by atoms with Crippen LogP contribution in [-0.4, -0.2) is 11.0 Å². The molecule has 2 N–H and O–H groups in total. The molecule has 0 aliphatic rings. The van der Waals surface area contributed by atoms with Gasteiger partial charge < -0.3 is 10.5 Å². The van der Waals surface area contributed by atoms with Gasteiger partial charge in [-0.15, -0.1) is 0 Å². The Morgan fingerprint density at radius 3 is 2.67 bits per heavy atom. The molecule has 1 heterocycles. The Morgan fingerprint density at radius 2 is 1.94 bits per heavy atom. The topological polar surface area (TPSA) is 65.2 Å². The van der Waals surface area contributed by atoms with E-state index < -0.39 is 5.97 Å². The molecular formula is C14H12N2O2. The minimum Gasteiger partial charge on any atom is -0.419 e. The summed E-state index contributed by atoms with van der Waals surface area (Å²) >= 11 is 0. The van der Waals surface area contributed by atoms with E-state index >= 15 is 0 Å². The highest BCUT2D eigenvalue weighted by Gasteiger charge is 2.04. The summed E-state index contributed by atoms with van der Waals surface area (Å²) in [5, 5.41) is 0. The van der Waals surface area contributed by atoms with Crippen molar-refractivity contribution in [3.05, 3.63) is 60.3 Å². The molecular weight excluding hydrogens is 228 g/mol. The fourth-order valence-corrected chi connectivity index (χ4v) is 1.36. The maximum atomic E-state index is 11.5. The molecule has 0 aliphatic carbocycles. The lowest BCUT2D eigenvalue weighted by molar-refractivity contribution is -0.128. The number of anilines is 1. The summed E-state index contributed by atoms with van der Waals surface area (Å²) in [4.78, 5) is 15.4. The first-order valence-electron chi connectivity index (χ1n) is 5.41. The normalized spacial score (nSPS) is 10.4. The molecule has 0 saturated carbocycles. The van der Waals surface area contributed by atoms with Gasteiger partial charge >= 0.3 is 5.97 Å². The molecule has 90 valence electrons. The number of carbonyl (C=O) groups is 1. The molecule has 0 spiro atoms. The molecule has 0 fully saturated rings. The van der Waals surface area contributed by atoms with Gasteiger partial charge in [-0.3, -0.25) is 0 Å². The molecule has 0 radical (unpaired) electrons. The zero-order valence-electron chi connectivity index (χ0n) is 9.61. The van der Waals surface area contributed by atoms with Crippen LogP contribution in [0.5, 0.6) is 5.75 Å². The molecule has 1 aromatic carbocycles. The van der Waals surface area contributed by atoms with Crippen molar-refractivity contribution in [2.24, 2.45) is 0 Å². The maximum Gasteiger partial charge on any atom is 0.336 e. The van der Waals surface area contributed by atoms with Crippen LogP contribution < -0.4 is 10.5 Å². The highest BCUT2D eigenvalue weighted by Crippen LogP contribution is 2.17. The molecule has 1 aromatic heterocycles. The number of carbonyl (C=O) groups excluding carboxylic acids is 1. The second kappa shape index (κ2) is 5.63. The van der Waals surface area contributed by atoms with Crippen molar-refractivity contribution in [1.29, 1.82) is 0 Å². The van der Waals surface area contributed by atoms with Crippen LogP contribution in [-0.2, 0) is 4.79 Å². The Bertz CT molecular complexity index is 565. The van der Waals surface area contributed by atoms with E-state index in [-0.39, 0.29) is 11.6 Å². The summed E-state index contributed by atoms with van der Waals surface area (Å²) in [6.45, 7) is 0. The Morgan fingerprint density at radius 1 is 1.17 bits per heavy atom. The second-order valence-electron chi connectivity index (χ2n) is 3.55. The van der Waals surface area contributed by atoms with Gasteiger partial charge in [0.2, 0.25) is 0 Å². The number of nitrogen functional groups attached to an aromatic ring is 1. The Hall–Kier alpha value is -2.62. The minimum absolute atomic E-state index is 0.193. The van der Waals surface area contributed by atoms with Crippen molar-refractivity contribution in [1.82, 2.24) is 4.98 Å². The van der Waals surface area contributed by atoms with Gasteiger partial charge in [0.15, 0.2) is 11.6 Å². The fourth-order valence-electron chi connectivity index (χ4n) is 1.36. The predicted octanol–water partition coefficient (Wildman–Crippen LogP) is 2.28. The van der Waals surface area contributed by atoms with Gasteiger partial charge in [-0.1, -0.05) is 30.3 Å². The summed E-state index contributed by atoms with van der Waals surface area (Å²) in [5.41, 5.74) is 6.49. The molecule has 0 saturated heterocycles. The summed E-state index contributed by atoms with van der Waals surface area (Å²) < 4.78 is 5.05. The van der Waals surface area contributed by atoms with Crippen molar-refractivity contribution >= 4 is 17.9 Å². The Labute approximate surface area is 105 Å². The van der Waals surface area contributed by atoms with E-state index in [9.17, 15) is 4.79 Å². The van der Waals surface area contributed by atoms with Crippen molar-refractivity contribution in [2.75, 3.05) is 5.73 Å². The molecule has 0 bridgehead atoms. The number of hydrogen-bond acceptors (Lipinski definition) is 4. The first-order chi connectivity index (χ1) is 8.75. The lowest BCUT2D eigenvalue weighted by Gasteiger charge is -2.02. The number of nitrogens with two attached hydrogens (primary N) is 1. The number of esters is 1. The SMILES string of the molecule is Nc1ncccc1OC(=O)/C=C/c1ccccc1. The van der Waals surface area contributed by atoms with Crippen LogP contribution in [0.4, 0.5) is 5.82 Å². The Kier molecular flexibility index (Phi) is 3.71. The number of rotatable bonds is 3. The van der Waals surface area contributed by atoms with Crippen LogP contribution in [0.2, 0.25) is 0 Å². The van der Waals surface area contributed by atoms with Gasteiger partial charge in [0.1, 0.15) is 0 Å². The van der Waals surface area contributed by atoms with Crippen molar-refractivity contribution < 1.29 is 9.53 Å². The van der Waals surface area contributed by atoms with Crippen LogP contribution in [0, 0.1) is 0 Å². The van der Waals surface area contributed by atoms with Crippen LogP contribution in [0.3, 0.4) is 0 Å². The van der Waals surface area contributed by atoms with E-state index in [1.165, 1.54) is 12.3 Å². The van der Waals surface area contributed by atoms with E-state index in [2.05, 4.69) is 4.98 Å². The Balaban J connectivity index is 2.02. The van der Waals surface area contributed by atoms with Crippen molar-refractivity contribution in [3.63, 3.8) is 0 Å². The van der Waals surface area contributed by atoms with Crippen LogP contribution in [0.1, 0.15) is 5.56 Å². The highest BCUT2D eigenvalue weighted by atomic mass is 16.5. The molecule has 4 nitrogen and oxygen atoms in total.